The van der Waals surface area contributed by atoms with Crippen LogP contribution >= 0.6 is 0 Å². The number of hydrogen-bond acceptors (Lipinski definition) is 2. The number of halogens is 2. The summed E-state index contributed by atoms with van der Waals surface area (Å²) in [4.78, 5) is 4.31. The molecule has 0 aliphatic rings. The Morgan fingerprint density at radius 2 is 1.61 bits per heavy atom. The minimum absolute atomic E-state index is 0.286. The van der Waals surface area contributed by atoms with Crippen molar-refractivity contribution in [2.24, 2.45) is 7.05 Å². The molecule has 0 spiro atoms. The fraction of sp³-hybridized carbons (Fsp3) is 0.0556. The molecule has 0 atom stereocenters. The summed E-state index contributed by atoms with van der Waals surface area (Å²) in [5.41, 5.74) is 1.33. The molecular weight excluding hydrogens is 298 g/mol. The van der Waals surface area contributed by atoms with Gasteiger partial charge >= 0.3 is 0 Å². The molecule has 23 heavy (non-hydrogen) atoms. The number of imidazole rings is 1. The van der Waals surface area contributed by atoms with Gasteiger partial charge in [-0.15, -0.1) is 0 Å². The Balaban J connectivity index is 1.85. The standard InChI is InChI=1S/C18H12F2N2O/c1-22-14-8-4-7-13(20)17(14)21-18(22)16-10-9-15(23-16)11-5-2-3-6-12(11)19/h2-10H,1H3. The maximum absolute atomic E-state index is 13.9. The maximum atomic E-state index is 13.9. The summed E-state index contributed by atoms with van der Waals surface area (Å²) < 4.78 is 35.2. The predicted molar refractivity (Wildman–Crippen MR) is 83.8 cm³/mol. The molecule has 5 heteroatoms. The zero-order chi connectivity index (χ0) is 16.0. The first-order valence-corrected chi connectivity index (χ1v) is 7.11. The third-order valence-corrected chi connectivity index (χ3v) is 3.83. The summed E-state index contributed by atoms with van der Waals surface area (Å²) in [6, 6.07) is 14.6. The lowest BCUT2D eigenvalue weighted by molar-refractivity contribution is 0.575. The van der Waals surface area contributed by atoms with Crippen molar-refractivity contribution in [1.29, 1.82) is 0 Å². The van der Waals surface area contributed by atoms with Crippen LogP contribution in [-0.4, -0.2) is 9.55 Å². The summed E-state index contributed by atoms with van der Waals surface area (Å²) in [6.07, 6.45) is 0. The molecule has 0 radical (unpaired) electrons. The van der Waals surface area contributed by atoms with Crippen LogP contribution in [-0.2, 0) is 7.05 Å². The number of rotatable bonds is 2. The highest BCUT2D eigenvalue weighted by molar-refractivity contribution is 5.80. The van der Waals surface area contributed by atoms with Crippen molar-refractivity contribution < 1.29 is 13.2 Å². The van der Waals surface area contributed by atoms with Crippen LogP contribution in [0.3, 0.4) is 0 Å². The van der Waals surface area contributed by atoms with E-state index >= 15 is 0 Å². The molecule has 0 saturated heterocycles. The first-order chi connectivity index (χ1) is 11.1. The van der Waals surface area contributed by atoms with Crippen LogP contribution in [0.15, 0.2) is 59.0 Å². The molecule has 4 rings (SSSR count). The van der Waals surface area contributed by atoms with E-state index in [4.69, 9.17) is 4.42 Å². The summed E-state index contributed by atoms with van der Waals surface area (Å²) in [7, 11) is 1.79. The SMILES string of the molecule is Cn1c(-c2ccc(-c3ccccc3F)o2)nc2c(F)cccc21. The molecule has 0 unspecified atom stereocenters. The Morgan fingerprint density at radius 3 is 2.39 bits per heavy atom. The molecule has 0 bridgehead atoms. The number of hydrogen-bond donors (Lipinski definition) is 0. The van der Waals surface area contributed by atoms with Crippen molar-refractivity contribution >= 4 is 11.0 Å². The van der Waals surface area contributed by atoms with Gasteiger partial charge in [-0.2, -0.15) is 0 Å². The molecule has 114 valence electrons. The van der Waals surface area contributed by atoms with Crippen LogP contribution in [0.2, 0.25) is 0 Å². The van der Waals surface area contributed by atoms with Crippen LogP contribution < -0.4 is 0 Å². The number of aromatic nitrogens is 2. The monoisotopic (exact) mass is 310 g/mol. The highest BCUT2D eigenvalue weighted by atomic mass is 19.1. The molecule has 4 aromatic rings. The van der Waals surface area contributed by atoms with Gasteiger partial charge in [0, 0.05) is 7.05 Å². The largest absolute Gasteiger partial charge is 0.453 e. The number of para-hydroxylation sites is 1. The van der Waals surface area contributed by atoms with Gasteiger partial charge in [-0.3, -0.25) is 0 Å². The summed E-state index contributed by atoms with van der Waals surface area (Å²) in [6.45, 7) is 0. The number of benzene rings is 2. The van der Waals surface area contributed by atoms with Crippen molar-refractivity contribution in [3.05, 3.63) is 66.2 Å². The van der Waals surface area contributed by atoms with E-state index in [-0.39, 0.29) is 17.2 Å². The third kappa shape index (κ3) is 2.12. The van der Waals surface area contributed by atoms with Crippen molar-refractivity contribution in [2.75, 3.05) is 0 Å². The van der Waals surface area contributed by atoms with Crippen LogP contribution in [0.4, 0.5) is 8.78 Å². The fourth-order valence-electron chi connectivity index (χ4n) is 2.66. The lowest BCUT2D eigenvalue weighted by Gasteiger charge is -2.00. The van der Waals surface area contributed by atoms with Gasteiger partial charge in [0.25, 0.3) is 0 Å². The predicted octanol–water partition coefficient (Wildman–Crippen LogP) is 4.78. The van der Waals surface area contributed by atoms with Gasteiger partial charge < -0.3 is 8.98 Å². The Labute approximate surface area is 130 Å². The average molecular weight is 310 g/mol. The van der Waals surface area contributed by atoms with E-state index < -0.39 is 0 Å². The van der Waals surface area contributed by atoms with Crippen LogP contribution in [0.1, 0.15) is 0 Å². The van der Waals surface area contributed by atoms with Gasteiger partial charge in [-0.1, -0.05) is 18.2 Å². The van der Waals surface area contributed by atoms with Gasteiger partial charge in [0.15, 0.2) is 17.4 Å². The summed E-state index contributed by atoms with van der Waals surface area (Å²) >= 11 is 0. The van der Waals surface area contributed by atoms with Crippen molar-refractivity contribution in [2.45, 2.75) is 0 Å². The van der Waals surface area contributed by atoms with Crippen molar-refractivity contribution in [1.82, 2.24) is 9.55 Å². The first-order valence-electron chi connectivity index (χ1n) is 7.11. The van der Waals surface area contributed by atoms with E-state index in [0.717, 1.165) is 0 Å². The molecule has 0 amide bonds. The van der Waals surface area contributed by atoms with E-state index in [0.29, 0.717) is 28.4 Å². The number of nitrogens with zero attached hydrogens (tertiary/aromatic N) is 2. The van der Waals surface area contributed by atoms with E-state index in [1.807, 2.05) is 0 Å². The minimum Gasteiger partial charge on any atom is -0.453 e. The Bertz CT molecular complexity index is 1020. The molecule has 2 aromatic heterocycles. The Kier molecular flexibility index (Phi) is 3.01. The molecule has 0 fully saturated rings. The molecule has 2 aromatic carbocycles. The summed E-state index contributed by atoms with van der Waals surface area (Å²) in [5.74, 6) is 0.620. The van der Waals surface area contributed by atoms with Crippen LogP contribution in [0.25, 0.3) is 33.9 Å². The molecule has 0 aliphatic heterocycles. The lowest BCUT2D eigenvalue weighted by atomic mass is 10.1. The van der Waals surface area contributed by atoms with Gasteiger partial charge in [0.2, 0.25) is 0 Å². The average Bonchev–Trinajstić information content (AvgIpc) is 3.14. The van der Waals surface area contributed by atoms with E-state index in [2.05, 4.69) is 4.98 Å². The Hall–Kier alpha value is -2.95. The van der Waals surface area contributed by atoms with Crippen LogP contribution in [0, 0.1) is 11.6 Å². The minimum atomic E-state index is -0.384. The molecule has 3 nitrogen and oxygen atoms in total. The molecule has 0 aliphatic carbocycles. The fourth-order valence-corrected chi connectivity index (χ4v) is 2.66. The molecule has 0 saturated carbocycles. The van der Waals surface area contributed by atoms with Gasteiger partial charge in [0.05, 0.1) is 11.1 Å². The first kappa shape index (κ1) is 13.7. The van der Waals surface area contributed by atoms with Gasteiger partial charge in [0.1, 0.15) is 17.1 Å². The van der Waals surface area contributed by atoms with E-state index in [9.17, 15) is 8.78 Å². The number of fused-ring (bicyclic) bond motifs is 1. The maximum Gasteiger partial charge on any atom is 0.177 e. The van der Waals surface area contributed by atoms with Crippen LogP contribution in [0.5, 0.6) is 0 Å². The van der Waals surface area contributed by atoms with Crippen molar-refractivity contribution in [3.63, 3.8) is 0 Å². The second-order valence-electron chi connectivity index (χ2n) is 5.25. The zero-order valence-corrected chi connectivity index (χ0v) is 12.3. The Morgan fingerprint density at radius 1 is 0.870 bits per heavy atom. The second kappa shape index (κ2) is 5.05. The van der Waals surface area contributed by atoms with Gasteiger partial charge in [-0.05, 0) is 36.4 Å². The quantitative estimate of drug-likeness (QED) is 0.533. The van der Waals surface area contributed by atoms with E-state index in [1.165, 1.54) is 12.1 Å². The number of furan rings is 1. The highest BCUT2D eigenvalue weighted by Crippen LogP contribution is 2.31. The third-order valence-electron chi connectivity index (χ3n) is 3.83. The zero-order valence-electron chi connectivity index (χ0n) is 12.3. The smallest absolute Gasteiger partial charge is 0.177 e. The van der Waals surface area contributed by atoms with Crippen molar-refractivity contribution in [3.8, 4) is 22.9 Å². The molecule has 2 heterocycles. The van der Waals surface area contributed by atoms with E-state index in [1.54, 1.807) is 54.1 Å². The second-order valence-corrected chi connectivity index (χ2v) is 5.25. The molecular formula is C18H12F2N2O. The lowest BCUT2D eigenvalue weighted by Crippen LogP contribution is -1.90. The molecule has 0 N–H and O–H groups in total. The topological polar surface area (TPSA) is 31.0 Å². The van der Waals surface area contributed by atoms with Gasteiger partial charge in [-0.25, -0.2) is 13.8 Å². The normalized spacial score (nSPS) is 11.3. The summed E-state index contributed by atoms with van der Waals surface area (Å²) in [5, 5.41) is 0. The number of aryl methyl sites for hydroxylation is 1. The highest BCUT2D eigenvalue weighted by Gasteiger charge is 2.17.